The first-order valence-corrected chi connectivity index (χ1v) is 13.6. The van der Waals surface area contributed by atoms with Crippen molar-refractivity contribution in [1.82, 2.24) is 24.4 Å². The van der Waals surface area contributed by atoms with Gasteiger partial charge < -0.3 is 29.2 Å². The molecule has 1 saturated heterocycles. The number of hydrogen-bond donors (Lipinski definition) is 0. The Hall–Kier alpha value is -4.71. The van der Waals surface area contributed by atoms with Gasteiger partial charge in [0.25, 0.3) is 0 Å². The normalized spacial score (nSPS) is 17.0. The van der Waals surface area contributed by atoms with Gasteiger partial charge >= 0.3 is 11.8 Å². The Morgan fingerprint density at radius 3 is 2.44 bits per heavy atom. The monoisotopic (exact) mass is 557 g/mol. The van der Waals surface area contributed by atoms with Crippen molar-refractivity contribution >= 4 is 11.5 Å². The second-order valence-corrected chi connectivity index (χ2v) is 10.1. The van der Waals surface area contributed by atoms with Crippen molar-refractivity contribution in [3.63, 3.8) is 0 Å². The number of nitro groups is 1. The third-order valence-electron chi connectivity index (χ3n) is 7.22. The minimum absolute atomic E-state index is 0.201. The predicted octanol–water partition coefficient (Wildman–Crippen LogP) is 3.71. The highest BCUT2D eigenvalue weighted by Gasteiger charge is 2.28. The molecule has 2 aliphatic heterocycles. The first-order chi connectivity index (χ1) is 20.1. The Balaban J connectivity index is 0.927. The molecule has 4 heterocycles. The number of piperazine rings is 1. The fourth-order valence-electron chi connectivity index (χ4n) is 4.95. The molecule has 0 radical (unpaired) electrons. The summed E-state index contributed by atoms with van der Waals surface area (Å²) in [5.41, 5.74) is 3.23. The largest absolute Gasteiger partial charge is 0.490 e. The van der Waals surface area contributed by atoms with Crippen molar-refractivity contribution in [3.8, 4) is 17.5 Å². The van der Waals surface area contributed by atoms with E-state index >= 15 is 0 Å². The zero-order chi connectivity index (χ0) is 28.0. The van der Waals surface area contributed by atoms with E-state index in [1.54, 1.807) is 23.2 Å². The van der Waals surface area contributed by atoms with Crippen LogP contribution in [0.1, 0.15) is 17.7 Å². The lowest BCUT2D eigenvalue weighted by molar-refractivity contribution is -0.389. The van der Waals surface area contributed by atoms with E-state index in [-0.39, 0.29) is 17.9 Å². The van der Waals surface area contributed by atoms with Crippen LogP contribution in [0.5, 0.6) is 17.5 Å². The van der Waals surface area contributed by atoms with Gasteiger partial charge in [0.05, 0.1) is 11.9 Å². The lowest BCUT2D eigenvalue weighted by Gasteiger charge is -2.36. The molecule has 0 unspecified atom stereocenters. The van der Waals surface area contributed by atoms with Crippen molar-refractivity contribution in [1.29, 1.82) is 0 Å². The Morgan fingerprint density at radius 1 is 0.951 bits per heavy atom. The number of hydrogen-bond acceptors (Lipinski definition) is 10. The quantitative estimate of drug-likeness (QED) is 0.211. The number of aromatic nitrogens is 4. The highest BCUT2D eigenvalue weighted by molar-refractivity contribution is 5.49. The van der Waals surface area contributed by atoms with Crippen LogP contribution >= 0.6 is 0 Å². The fraction of sp³-hybridized carbons (Fsp3) is 0.345. The van der Waals surface area contributed by atoms with Crippen LogP contribution in [0, 0.1) is 10.1 Å². The van der Waals surface area contributed by atoms with Gasteiger partial charge in [-0.2, -0.15) is 0 Å². The number of rotatable bonds is 10. The number of ether oxygens (including phenoxy) is 3. The molecule has 4 aromatic rings. The zero-order valence-electron chi connectivity index (χ0n) is 22.5. The number of aryl methyl sites for hydroxylation is 1. The Labute approximate surface area is 237 Å². The molecule has 2 aromatic carbocycles. The fourth-order valence-corrected chi connectivity index (χ4v) is 4.95. The summed E-state index contributed by atoms with van der Waals surface area (Å²) in [5, 5.41) is 10.9. The Kier molecular flexibility index (Phi) is 7.90. The number of benzene rings is 2. The van der Waals surface area contributed by atoms with E-state index in [1.807, 2.05) is 24.3 Å². The molecule has 6 rings (SSSR count). The minimum Gasteiger partial charge on any atom is -0.490 e. The number of imidazole rings is 1. The van der Waals surface area contributed by atoms with Gasteiger partial charge in [0.1, 0.15) is 37.0 Å². The molecule has 0 spiro atoms. The molecule has 0 N–H and O–H groups in total. The summed E-state index contributed by atoms with van der Waals surface area (Å²) in [6.07, 6.45) is 6.92. The van der Waals surface area contributed by atoms with E-state index in [1.165, 1.54) is 17.4 Å². The molecule has 1 fully saturated rings. The molecule has 0 saturated carbocycles. The summed E-state index contributed by atoms with van der Waals surface area (Å²) in [5.74, 6) is 1.38. The highest BCUT2D eigenvalue weighted by atomic mass is 16.6. The van der Waals surface area contributed by atoms with Gasteiger partial charge in [-0.05, 0) is 46.9 Å². The molecular weight excluding hydrogens is 526 g/mol. The summed E-state index contributed by atoms with van der Waals surface area (Å²) in [6.45, 7) is 6.14. The second kappa shape index (κ2) is 12.2. The lowest BCUT2D eigenvalue weighted by Crippen LogP contribution is -2.45. The average molecular weight is 558 g/mol. The van der Waals surface area contributed by atoms with Gasteiger partial charge in [-0.3, -0.25) is 19.4 Å². The molecule has 2 aromatic heterocycles. The standard InChI is InChI=1S/C29H31N7O5/c37-36(38)28-19-35-12-9-27(41-29(35)32-28)21-40-26-7-3-24(4-8-26)34-15-13-33(14-16-34)18-22-1-5-25(6-2-22)39-20-23-17-30-10-11-31-23/h1-8,10-11,17,19,27H,9,12-16,18,20-21H2/t27-/m1/s1. The predicted molar refractivity (Wildman–Crippen MR) is 150 cm³/mol. The maximum atomic E-state index is 10.9. The number of nitrogens with zero attached hydrogens (tertiary/aromatic N) is 7. The van der Waals surface area contributed by atoms with Crippen LogP contribution in [0.2, 0.25) is 0 Å². The molecule has 212 valence electrons. The Bertz CT molecular complexity index is 1440. The number of anilines is 1. The molecule has 12 nitrogen and oxygen atoms in total. The molecule has 1 atom stereocenters. The van der Waals surface area contributed by atoms with Crippen LogP contribution < -0.4 is 19.1 Å². The summed E-state index contributed by atoms with van der Waals surface area (Å²) >= 11 is 0. The van der Waals surface area contributed by atoms with Crippen LogP contribution in [0.25, 0.3) is 0 Å². The van der Waals surface area contributed by atoms with Crippen molar-refractivity contribution in [2.24, 2.45) is 0 Å². The second-order valence-electron chi connectivity index (χ2n) is 10.1. The van der Waals surface area contributed by atoms with Crippen LogP contribution in [-0.4, -0.2) is 68.2 Å². The molecule has 0 bridgehead atoms. The van der Waals surface area contributed by atoms with Crippen LogP contribution in [0.15, 0.2) is 73.3 Å². The topological polar surface area (TPSA) is 121 Å². The van der Waals surface area contributed by atoms with Crippen LogP contribution in [0.4, 0.5) is 11.5 Å². The van der Waals surface area contributed by atoms with Gasteiger partial charge in [-0.1, -0.05) is 12.1 Å². The molecular formula is C29H31N7O5. The lowest BCUT2D eigenvalue weighted by atomic mass is 10.2. The number of fused-ring (bicyclic) bond motifs is 1. The van der Waals surface area contributed by atoms with Crippen LogP contribution in [0.3, 0.4) is 0 Å². The van der Waals surface area contributed by atoms with Gasteiger partial charge in [0.15, 0.2) is 0 Å². The molecule has 0 aliphatic carbocycles. The van der Waals surface area contributed by atoms with E-state index in [2.05, 4.69) is 49.0 Å². The van der Waals surface area contributed by atoms with E-state index in [0.717, 1.165) is 49.9 Å². The molecule has 0 amide bonds. The van der Waals surface area contributed by atoms with Gasteiger partial charge in [0.2, 0.25) is 0 Å². The maximum absolute atomic E-state index is 10.9. The minimum atomic E-state index is -0.513. The van der Waals surface area contributed by atoms with E-state index < -0.39 is 4.92 Å². The first-order valence-electron chi connectivity index (χ1n) is 13.6. The highest BCUT2D eigenvalue weighted by Crippen LogP contribution is 2.26. The maximum Gasteiger partial charge on any atom is 0.414 e. The van der Waals surface area contributed by atoms with Crippen LogP contribution in [-0.2, 0) is 19.7 Å². The molecule has 41 heavy (non-hydrogen) atoms. The molecule has 12 heteroatoms. The van der Waals surface area contributed by atoms with E-state index in [4.69, 9.17) is 14.2 Å². The third-order valence-corrected chi connectivity index (χ3v) is 7.22. The summed E-state index contributed by atoms with van der Waals surface area (Å²) in [4.78, 5) is 27.5. The van der Waals surface area contributed by atoms with Crippen molar-refractivity contribution in [2.75, 3.05) is 37.7 Å². The third kappa shape index (κ3) is 6.72. The zero-order valence-corrected chi connectivity index (χ0v) is 22.5. The van der Waals surface area contributed by atoms with Gasteiger partial charge in [-0.25, -0.2) is 0 Å². The average Bonchev–Trinajstić information content (AvgIpc) is 3.45. The van der Waals surface area contributed by atoms with Gasteiger partial charge in [-0.15, -0.1) is 0 Å². The SMILES string of the molecule is O=[N+]([O-])c1cn2c(n1)O[C@@H](COc1ccc(N3CCN(Cc4ccc(OCc5cnccn5)cc4)CC3)cc1)CC2. The smallest absolute Gasteiger partial charge is 0.414 e. The van der Waals surface area contributed by atoms with Crippen molar-refractivity contribution < 1.29 is 19.1 Å². The van der Waals surface area contributed by atoms with Gasteiger partial charge in [0, 0.05) is 68.8 Å². The summed E-state index contributed by atoms with van der Waals surface area (Å²) in [6, 6.07) is 16.6. The van der Waals surface area contributed by atoms with Crippen molar-refractivity contribution in [2.45, 2.75) is 32.2 Å². The molecule has 2 aliphatic rings. The summed E-state index contributed by atoms with van der Waals surface area (Å²) in [7, 11) is 0. The van der Waals surface area contributed by atoms with E-state index in [9.17, 15) is 10.1 Å². The first kappa shape index (κ1) is 26.5. The Morgan fingerprint density at radius 2 is 1.71 bits per heavy atom. The summed E-state index contributed by atoms with van der Waals surface area (Å²) < 4.78 is 19.2. The van der Waals surface area contributed by atoms with Crippen molar-refractivity contribution in [3.05, 3.63) is 94.7 Å². The van der Waals surface area contributed by atoms with E-state index in [0.29, 0.717) is 26.2 Å².